The third-order valence-electron chi connectivity index (χ3n) is 4.30. The molecule has 1 aliphatic heterocycles. The molecular formula is C19H21ClFN3O3. The van der Waals surface area contributed by atoms with E-state index in [1.807, 2.05) is 0 Å². The molecule has 27 heavy (non-hydrogen) atoms. The minimum Gasteiger partial charge on any atom is -0.478 e. The minimum absolute atomic E-state index is 0. The Bertz CT molecular complexity index is 778. The number of rotatable bonds is 4. The largest absolute Gasteiger partial charge is 0.478 e. The minimum atomic E-state index is -0.996. The van der Waals surface area contributed by atoms with Crippen LogP contribution in [-0.4, -0.2) is 48.2 Å². The van der Waals surface area contributed by atoms with Crippen molar-refractivity contribution in [2.75, 3.05) is 31.1 Å². The van der Waals surface area contributed by atoms with Crippen LogP contribution < -0.4 is 10.2 Å². The van der Waals surface area contributed by atoms with E-state index in [0.717, 1.165) is 18.7 Å². The normalized spacial score (nSPS) is 13.6. The number of piperazine rings is 1. The van der Waals surface area contributed by atoms with Crippen molar-refractivity contribution < 1.29 is 19.1 Å². The summed E-state index contributed by atoms with van der Waals surface area (Å²) in [5, 5.41) is 12.2. The molecule has 1 aliphatic rings. The highest BCUT2D eigenvalue weighted by molar-refractivity contribution is 5.92. The van der Waals surface area contributed by atoms with Gasteiger partial charge in [-0.25, -0.2) is 14.0 Å². The fourth-order valence-electron chi connectivity index (χ4n) is 2.85. The van der Waals surface area contributed by atoms with E-state index in [1.54, 1.807) is 34.1 Å². The lowest BCUT2D eigenvalue weighted by molar-refractivity contribution is 0.0697. The van der Waals surface area contributed by atoms with Gasteiger partial charge in [-0.05, 0) is 42.0 Å². The summed E-state index contributed by atoms with van der Waals surface area (Å²) in [6, 6.07) is 12.0. The zero-order valence-electron chi connectivity index (χ0n) is 14.6. The van der Waals surface area contributed by atoms with Crippen molar-refractivity contribution in [3.05, 3.63) is 65.5 Å². The van der Waals surface area contributed by atoms with E-state index in [2.05, 4.69) is 5.32 Å². The molecule has 0 aromatic heterocycles. The Morgan fingerprint density at radius 1 is 1.04 bits per heavy atom. The molecule has 6 nitrogen and oxygen atoms in total. The number of halogens is 2. The second-order valence-electron chi connectivity index (χ2n) is 6.08. The lowest BCUT2D eigenvalue weighted by Crippen LogP contribution is -2.51. The zero-order valence-corrected chi connectivity index (χ0v) is 15.4. The van der Waals surface area contributed by atoms with Gasteiger partial charge < -0.3 is 15.3 Å². The average Bonchev–Trinajstić information content (AvgIpc) is 2.67. The molecule has 0 saturated carbocycles. The Balaban J connectivity index is 0.00000261. The number of hydrogen-bond acceptors (Lipinski definition) is 3. The van der Waals surface area contributed by atoms with Gasteiger partial charge in [0.1, 0.15) is 5.82 Å². The second kappa shape index (κ2) is 9.34. The van der Waals surface area contributed by atoms with Gasteiger partial charge in [0.2, 0.25) is 0 Å². The van der Waals surface area contributed by atoms with Gasteiger partial charge in [0.15, 0.2) is 0 Å². The molecule has 0 radical (unpaired) electrons. The highest BCUT2D eigenvalue weighted by Gasteiger charge is 2.24. The fourth-order valence-corrected chi connectivity index (χ4v) is 2.85. The van der Waals surface area contributed by atoms with Crippen molar-refractivity contribution in [2.45, 2.75) is 6.54 Å². The molecule has 0 atom stereocenters. The van der Waals surface area contributed by atoms with Crippen molar-refractivity contribution in [1.29, 1.82) is 0 Å². The van der Waals surface area contributed by atoms with Crippen LogP contribution in [-0.2, 0) is 6.54 Å². The molecule has 0 aliphatic carbocycles. The predicted molar refractivity (Wildman–Crippen MR) is 103 cm³/mol. The summed E-state index contributed by atoms with van der Waals surface area (Å²) in [7, 11) is 0. The van der Waals surface area contributed by atoms with Gasteiger partial charge in [-0.3, -0.25) is 4.90 Å². The molecule has 2 amide bonds. The van der Waals surface area contributed by atoms with Crippen LogP contribution in [0.15, 0.2) is 48.5 Å². The Labute approximate surface area is 163 Å². The number of nitrogens with one attached hydrogen (secondary N) is 1. The maximum atomic E-state index is 13.3. The Morgan fingerprint density at radius 3 is 2.19 bits per heavy atom. The number of hydrogen-bond donors (Lipinski definition) is 2. The van der Waals surface area contributed by atoms with E-state index in [-0.39, 0.29) is 36.4 Å². The van der Waals surface area contributed by atoms with Crippen LogP contribution in [0, 0.1) is 5.82 Å². The number of nitrogens with zero attached hydrogens (tertiary/aromatic N) is 2. The molecule has 1 heterocycles. The van der Waals surface area contributed by atoms with Crippen LogP contribution >= 0.6 is 12.4 Å². The fraction of sp³-hybridized carbons (Fsp3) is 0.263. The van der Waals surface area contributed by atoms with Gasteiger partial charge in [-0.2, -0.15) is 0 Å². The van der Waals surface area contributed by atoms with E-state index < -0.39 is 5.97 Å². The first-order valence-corrected chi connectivity index (χ1v) is 8.39. The highest BCUT2D eigenvalue weighted by atomic mass is 35.5. The van der Waals surface area contributed by atoms with E-state index in [1.165, 1.54) is 24.3 Å². The third kappa shape index (κ3) is 5.18. The topological polar surface area (TPSA) is 72.9 Å². The SMILES string of the molecule is Cl.O=C(O)c1ccc(CN(C(=O)N2CCNCC2)c2ccc(F)cc2)cc1. The Morgan fingerprint density at radius 2 is 1.63 bits per heavy atom. The van der Waals surface area contributed by atoms with Crippen molar-refractivity contribution in [3.63, 3.8) is 0 Å². The number of carbonyl (C=O) groups excluding carboxylic acids is 1. The first kappa shape index (κ1) is 20.7. The summed E-state index contributed by atoms with van der Waals surface area (Å²) in [5.41, 5.74) is 1.58. The quantitative estimate of drug-likeness (QED) is 0.837. The standard InChI is InChI=1S/C19H20FN3O3.ClH/c20-16-5-7-17(8-6-16)23(19(26)22-11-9-21-10-12-22)13-14-1-3-15(4-2-14)18(24)25;/h1-8,21H,9-13H2,(H,24,25);1H. The van der Waals surface area contributed by atoms with Crippen molar-refractivity contribution >= 4 is 30.1 Å². The monoisotopic (exact) mass is 393 g/mol. The van der Waals surface area contributed by atoms with Gasteiger partial charge in [0.25, 0.3) is 0 Å². The number of aromatic carboxylic acids is 1. The number of carboxylic acid groups (broad SMARTS) is 1. The lowest BCUT2D eigenvalue weighted by atomic mass is 10.1. The van der Waals surface area contributed by atoms with Crippen LogP contribution in [0.5, 0.6) is 0 Å². The number of carboxylic acids is 1. The maximum Gasteiger partial charge on any atom is 0.335 e. The van der Waals surface area contributed by atoms with Crippen LogP contribution in [0.2, 0.25) is 0 Å². The van der Waals surface area contributed by atoms with Gasteiger partial charge in [-0.1, -0.05) is 12.1 Å². The molecular weight excluding hydrogens is 373 g/mol. The van der Waals surface area contributed by atoms with E-state index in [9.17, 15) is 14.0 Å². The third-order valence-corrected chi connectivity index (χ3v) is 4.30. The molecule has 3 rings (SSSR count). The predicted octanol–water partition coefficient (Wildman–Crippen LogP) is 2.98. The molecule has 8 heteroatoms. The first-order chi connectivity index (χ1) is 12.5. The molecule has 1 saturated heterocycles. The molecule has 2 aromatic rings. The van der Waals surface area contributed by atoms with Crippen LogP contribution in [0.3, 0.4) is 0 Å². The summed E-state index contributed by atoms with van der Waals surface area (Å²) in [4.78, 5) is 27.3. The molecule has 0 spiro atoms. The maximum absolute atomic E-state index is 13.3. The molecule has 144 valence electrons. The number of anilines is 1. The molecule has 1 fully saturated rings. The van der Waals surface area contributed by atoms with E-state index in [4.69, 9.17) is 5.11 Å². The van der Waals surface area contributed by atoms with Crippen molar-refractivity contribution in [1.82, 2.24) is 10.2 Å². The smallest absolute Gasteiger partial charge is 0.335 e. The molecule has 0 unspecified atom stereocenters. The van der Waals surface area contributed by atoms with Crippen molar-refractivity contribution in [3.8, 4) is 0 Å². The Kier molecular flexibility index (Phi) is 7.15. The molecule has 2 aromatic carbocycles. The summed E-state index contributed by atoms with van der Waals surface area (Å²) in [6.07, 6.45) is 0. The molecule has 2 N–H and O–H groups in total. The lowest BCUT2D eigenvalue weighted by Gasteiger charge is -2.33. The first-order valence-electron chi connectivity index (χ1n) is 8.39. The van der Waals surface area contributed by atoms with Crippen LogP contribution in [0.1, 0.15) is 15.9 Å². The van der Waals surface area contributed by atoms with E-state index >= 15 is 0 Å². The summed E-state index contributed by atoms with van der Waals surface area (Å²) < 4.78 is 13.3. The van der Waals surface area contributed by atoms with Gasteiger partial charge in [0.05, 0.1) is 12.1 Å². The summed E-state index contributed by atoms with van der Waals surface area (Å²) in [5.74, 6) is -1.36. The van der Waals surface area contributed by atoms with Gasteiger partial charge in [0, 0.05) is 31.9 Å². The van der Waals surface area contributed by atoms with Crippen LogP contribution in [0.25, 0.3) is 0 Å². The summed E-state index contributed by atoms with van der Waals surface area (Å²) in [6.45, 7) is 2.95. The van der Waals surface area contributed by atoms with Crippen LogP contribution in [0.4, 0.5) is 14.9 Å². The Hall–Kier alpha value is -2.64. The second-order valence-corrected chi connectivity index (χ2v) is 6.08. The zero-order chi connectivity index (χ0) is 18.5. The number of urea groups is 1. The highest BCUT2D eigenvalue weighted by Crippen LogP contribution is 2.20. The molecule has 0 bridgehead atoms. The van der Waals surface area contributed by atoms with Crippen molar-refractivity contribution in [2.24, 2.45) is 0 Å². The van der Waals surface area contributed by atoms with Gasteiger partial charge in [-0.15, -0.1) is 12.4 Å². The number of carbonyl (C=O) groups is 2. The average molecular weight is 394 g/mol. The number of benzene rings is 2. The number of amides is 2. The van der Waals surface area contributed by atoms with Gasteiger partial charge >= 0.3 is 12.0 Å². The summed E-state index contributed by atoms with van der Waals surface area (Å²) >= 11 is 0. The van der Waals surface area contributed by atoms with E-state index in [0.29, 0.717) is 18.8 Å².